The van der Waals surface area contributed by atoms with Crippen LogP contribution in [0.3, 0.4) is 0 Å². The minimum Gasteiger partial charge on any atom is -0.401 e. The molecule has 4 heteroatoms. The van der Waals surface area contributed by atoms with Crippen molar-refractivity contribution in [2.24, 2.45) is 16.9 Å². The number of nitrogens with two attached hydrogens (primary N) is 2. The van der Waals surface area contributed by atoms with Crippen molar-refractivity contribution in [1.82, 2.24) is 4.90 Å². The molecular formula is C12H23N3O. The van der Waals surface area contributed by atoms with Gasteiger partial charge in [0.25, 0.3) is 0 Å². The first-order chi connectivity index (χ1) is 7.25. The molecule has 4 nitrogen and oxygen atoms in total. The fourth-order valence-electron chi connectivity index (χ4n) is 1.97. The summed E-state index contributed by atoms with van der Waals surface area (Å²) >= 11 is 0. The Kier molecular flexibility index (Phi) is 3.63. The van der Waals surface area contributed by atoms with Crippen molar-refractivity contribution in [1.29, 1.82) is 0 Å². The van der Waals surface area contributed by atoms with Crippen molar-refractivity contribution in [2.45, 2.75) is 45.7 Å². The second-order valence-electron chi connectivity index (χ2n) is 5.61. The minimum absolute atomic E-state index is 0.0124. The lowest BCUT2D eigenvalue weighted by atomic mass is 9.86. The first kappa shape index (κ1) is 13.0. The predicted molar refractivity (Wildman–Crippen MR) is 65.5 cm³/mol. The van der Waals surface area contributed by atoms with Crippen LogP contribution >= 0.6 is 0 Å². The molecule has 0 saturated carbocycles. The Morgan fingerprint density at radius 2 is 2.06 bits per heavy atom. The van der Waals surface area contributed by atoms with Crippen molar-refractivity contribution >= 4 is 5.91 Å². The van der Waals surface area contributed by atoms with E-state index >= 15 is 0 Å². The van der Waals surface area contributed by atoms with Gasteiger partial charge in [0.15, 0.2) is 0 Å². The van der Waals surface area contributed by atoms with Crippen LogP contribution in [0, 0.1) is 5.41 Å². The molecule has 4 N–H and O–H groups in total. The van der Waals surface area contributed by atoms with Crippen molar-refractivity contribution in [2.75, 3.05) is 6.54 Å². The highest BCUT2D eigenvalue weighted by atomic mass is 16.2. The standard InChI is InChI=1S/C12H23N3O/c1-8(13)9-6-5-7-15(9)11(16)10(14)12(2,3)4/h9-10H,1,5-7,13-14H2,2-4H3/t9-,10+/m0/s1. The number of rotatable bonds is 2. The monoisotopic (exact) mass is 225 g/mol. The van der Waals surface area contributed by atoms with Gasteiger partial charge in [0.05, 0.1) is 12.1 Å². The average molecular weight is 225 g/mol. The van der Waals surface area contributed by atoms with Gasteiger partial charge < -0.3 is 16.4 Å². The first-order valence-electron chi connectivity index (χ1n) is 5.75. The summed E-state index contributed by atoms with van der Waals surface area (Å²) < 4.78 is 0. The molecule has 92 valence electrons. The Hall–Kier alpha value is -1.03. The second kappa shape index (κ2) is 4.45. The molecule has 1 fully saturated rings. The Bertz CT molecular complexity index is 293. The highest BCUT2D eigenvalue weighted by Gasteiger charge is 2.36. The van der Waals surface area contributed by atoms with E-state index in [2.05, 4.69) is 6.58 Å². The van der Waals surface area contributed by atoms with E-state index in [0.29, 0.717) is 5.70 Å². The number of hydrogen-bond acceptors (Lipinski definition) is 3. The van der Waals surface area contributed by atoms with Gasteiger partial charge >= 0.3 is 0 Å². The molecule has 1 saturated heterocycles. The molecule has 1 aliphatic heterocycles. The van der Waals surface area contributed by atoms with Gasteiger partial charge in [0, 0.05) is 12.2 Å². The van der Waals surface area contributed by atoms with Gasteiger partial charge in [0.2, 0.25) is 5.91 Å². The van der Waals surface area contributed by atoms with Gasteiger partial charge in [-0.1, -0.05) is 27.4 Å². The van der Waals surface area contributed by atoms with Gasteiger partial charge in [-0.15, -0.1) is 0 Å². The van der Waals surface area contributed by atoms with Gasteiger partial charge in [-0.2, -0.15) is 0 Å². The maximum atomic E-state index is 12.2. The van der Waals surface area contributed by atoms with Gasteiger partial charge in [0.1, 0.15) is 0 Å². The van der Waals surface area contributed by atoms with E-state index in [1.165, 1.54) is 0 Å². The maximum absolute atomic E-state index is 12.2. The molecule has 1 aliphatic rings. The SMILES string of the molecule is C=C(N)[C@@H]1CCCN1C(=O)[C@@H](N)C(C)(C)C. The zero-order valence-electron chi connectivity index (χ0n) is 10.5. The lowest BCUT2D eigenvalue weighted by Gasteiger charge is -2.33. The fourth-order valence-corrected chi connectivity index (χ4v) is 1.97. The van der Waals surface area contributed by atoms with Gasteiger partial charge in [-0.3, -0.25) is 4.79 Å². The molecule has 0 aliphatic carbocycles. The summed E-state index contributed by atoms with van der Waals surface area (Å²) in [5, 5.41) is 0. The third-order valence-electron chi connectivity index (χ3n) is 3.16. The topological polar surface area (TPSA) is 72.3 Å². The van der Waals surface area contributed by atoms with Crippen LogP contribution in [-0.4, -0.2) is 29.4 Å². The predicted octanol–water partition coefficient (Wildman–Crippen LogP) is 0.823. The molecule has 16 heavy (non-hydrogen) atoms. The van der Waals surface area contributed by atoms with E-state index < -0.39 is 6.04 Å². The Morgan fingerprint density at radius 1 is 1.50 bits per heavy atom. The van der Waals surface area contributed by atoms with E-state index in [1.54, 1.807) is 4.90 Å². The van der Waals surface area contributed by atoms with Crippen molar-refractivity contribution < 1.29 is 4.79 Å². The number of nitrogens with zero attached hydrogens (tertiary/aromatic N) is 1. The quantitative estimate of drug-likeness (QED) is 0.731. The van der Waals surface area contributed by atoms with Gasteiger partial charge in [-0.05, 0) is 18.3 Å². The van der Waals surface area contributed by atoms with Gasteiger partial charge in [-0.25, -0.2) is 0 Å². The molecule has 0 aromatic carbocycles. The first-order valence-corrected chi connectivity index (χ1v) is 5.75. The molecule has 0 aromatic heterocycles. The molecule has 1 heterocycles. The normalized spacial score (nSPS) is 23.2. The molecule has 0 aromatic rings. The minimum atomic E-state index is -0.479. The van der Waals surface area contributed by atoms with E-state index in [4.69, 9.17) is 11.5 Å². The highest BCUT2D eigenvalue weighted by Crippen LogP contribution is 2.25. The van der Waals surface area contributed by atoms with Crippen LogP contribution in [0.25, 0.3) is 0 Å². The smallest absolute Gasteiger partial charge is 0.240 e. The molecule has 0 radical (unpaired) electrons. The lowest BCUT2D eigenvalue weighted by Crippen LogP contribution is -2.52. The number of carbonyl (C=O) groups is 1. The third kappa shape index (κ3) is 2.55. The van der Waals surface area contributed by atoms with Crippen LogP contribution in [-0.2, 0) is 4.79 Å². The Morgan fingerprint density at radius 3 is 2.50 bits per heavy atom. The molecular weight excluding hydrogens is 202 g/mol. The van der Waals surface area contributed by atoms with Crippen molar-refractivity contribution in [3.05, 3.63) is 12.3 Å². The molecule has 1 rings (SSSR count). The van der Waals surface area contributed by atoms with Crippen LogP contribution < -0.4 is 11.5 Å². The van der Waals surface area contributed by atoms with E-state index in [9.17, 15) is 4.79 Å². The second-order valence-corrected chi connectivity index (χ2v) is 5.61. The fraction of sp³-hybridized carbons (Fsp3) is 0.750. The summed E-state index contributed by atoms with van der Waals surface area (Å²) in [4.78, 5) is 14.0. The molecule has 0 bridgehead atoms. The largest absolute Gasteiger partial charge is 0.401 e. The average Bonchev–Trinajstić information content (AvgIpc) is 2.62. The number of carbonyl (C=O) groups excluding carboxylic acids is 1. The molecule has 2 atom stereocenters. The third-order valence-corrected chi connectivity index (χ3v) is 3.16. The van der Waals surface area contributed by atoms with Crippen molar-refractivity contribution in [3.63, 3.8) is 0 Å². The summed E-state index contributed by atoms with van der Waals surface area (Å²) in [5.74, 6) is -0.0124. The maximum Gasteiger partial charge on any atom is 0.240 e. The van der Waals surface area contributed by atoms with Crippen LogP contribution in [0.5, 0.6) is 0 Å². The van der Waals surface area contributed by atoms with Crippen LogP contribution in [0.2, 0.25) is 0 Å². The number of likely N-dealkylation sites (tertiary alicyclic amines) is 1. The highest BCUT2D eigenvalue weighted by molar-refractivity contribution is 5.83. The Labute approximate surface area is 97.7 Å². The van der Waals surface area contributed by atoms with E-state index in [1.807, 2.05) is 20.8 Å². The van der Waals surface area contributed by atoms with Crippen molar-refractivity contribution in [3.8, 4) is 0 Å². The Balaban J connectivity index is 2.77. The summed E-state index contributed by atoms with van der Waals surface area (Å²) in [5.41, 5.74) is 12.0. The van der Waals surface area contributed by atoms with Crippen LogP contribution in [0.1, 0.15) is 33.6 Å². The summed E-state index contributed by atoms with van der Waals surface area (Å²) in [7, 11) is 0. The molecule has 0 unspecified atom stereocenters. The summed E-state index contributed by atoms with van der Waals surface area (Å²) in [6.45, 7) is 10.4. The zero-order chi connectivity index (χ0) is 12.5. The summed E-state index contributed by atoms with van der Waals surface area (Å²) in [6.07, 6.45) is 1.88. The van der Waals surface area contributed by atoms with E-state index in [-0.39, 0.29) is 17.4 Å². The number of hydrogen-bond donors (Lipinski definition) is 2. The number of amides is 1. The summed E-state index contributed by atoms with van der Waals surface area (Å²) in [6, 6.07) is -0.506. The van der Waals surface area contributed by atoms with Crippen LogP contribution in [0.15, 0.2) is 12.3 Å². The lowest BCUT2D eigenvalue weighted by molar-refractivity contribution is -0.135. The van der Waals surface area contributed by atoms with E-state index in [0.717, 1.165) is 19.4 Å². The molecule has 0 spiro atoms. The zero-order valence-corrected chi connectivity index (χ0v) is 10.5. The van der Waals surface area contributed by atoms with Crippen LogP contribution in [0.4, 0.5) is 0 Å². The molecule has 1 amide bonds.